The molecule has 32 heavy (non-hydrogen) atoms. The quantitative estimate of drug-likeness (QED) is 0.551. The van der Waals surface area contributed by atoms with E-state index in [1.54, 1.807) is 11.8 Å². The van der Waals surface area contributed by atoms with Crippen LogP contribution in [0, 0.1) is 0 Å². The number of carbonyl (C=O) groups excluding carboxylic acids is 1. The van der Waals surface area contributed by atoms with Crippen LogP contribution < -0.4 is 4.90 Å². The first-order chi connectivity index (χ1) is 15.6. The number of benzene rings is 1. The van der Waals surface area contributed by atoms with E-state index >= 15 is 0 Å². The summed E-state index contributed by atoms with van der Waals surface area (Å²) in [7, 11) is 1.81. The molecule has 2 aromatic heterocycles. The number of likely N-dealkylation sites (tertiary alicyclic amines) is 1. The maximum absolute atomic E-state index is 11.6. The summed E-state index contributed by atoms with van der Waals surface area (Å²) in [5, 5.41) is 0. The van der Waals surface area contributed by atoms with Crippen LogP contribution in [-0.2, 0) is 23.2 Å². The Bertz CT molecular complexity index is 997. The Labute approximate surface area is 191 Å². The summed E-state index contributed by atoms with van der Waals surface area (Å²) in [6, 6.07) is 20.8. The normalized spacial score (nSPS) is 15.9. The summed E-state index contributed by atoms with van der Waals surface area (Å²) in [4.78, 5) is 25.1. The fourth-order valence-corrected chi connectivity index (χ4v) is 4.63. The van der Waals surface area contributed by atoms with Crippen LogP contribution in [0.1, 0.15) is 43.1 Å². The Hall–Kier alpha value is -3.05. The third-order valence-electron chi connectivity index (χ3n) is 6.81. The Kier molecular flexibility index (Phi) is 6.96. The molecule has 0 N–H and O–H groups in total. The van der Waals surface area contributed by atoms with Crippen LogP contribution >= 0.6 is 0 Å². The second-order valence-corrected chi connectivity index (χ2v) is 8.84. The zero-order valence-corrected chi connectivity index (χ0v) is 19.1. The van der Waals surface area contributed by atoms with Gasteiger partial charge in [-0.3, -0.25) is 19.7 Å². The summed E-state index contributed by atoms with van der Waals surface area (Å²) in [6.07, 6.45) is 8.04. The average Bonchev–Trinajstić information content (AvgIpc) is 2.85. The third kappa shape index (κ3) is 5.22. The van der Waals surface area contributed by atoms with E-state index in [0.717, 1.165) is 56.7 Å². The Morgan fingerprint density at radius 1 is 0.969 bits per heavy atom. The number of pyridine rings is 2. The first kappa shape index (κ1) is 22.2. The van der Waals surface area contributed by atoms with Crippen LogP contribution in [0.25, 0.3) is 0 Å². The molecule has 0 aliphatic carbocycles. The molecule has 0 radical (unpaired) electrons. The highest BCUT2D eigenvalue weighted by Crippen LogP contribution is 2.39. The molecule has 166 valence electrons. The van der Waals surface area contributed by atoms with Crippen LogP contribution in [0.4, 0.5) is 5.69 Å². The standard InChI is InChI=1S/C27H32N4O/c1-22(32)30(2)25-11-9-23(10-12-25)21-31-19-15-27(16-20-31,26-8-4-6-18-29-26)14-13-24-7-3-5-17-28-24/h3-12,17-18H,13-16,19-21H2,1-2H3. The smallest absolute Gasteiger partial charge is 0.223 e. The fraction of sp³-hybridized carbons (Fsp3) is 0.370. The van der Waals surface area contributed by atoms with Crippen LogP contribution in [-0.4, -0.2) is 40.9 Å². The molecule has 3 aromatic rings. The minimum atomic E-state index is 0.0466. The lowest BCUT2D eigenvalue weighted by molar-refractivity contribution is -0.116. The molecule has 5 heteroatoms. The third-order valence-corrected chi connectivity index (χ3v) is 6.81. The molecule has 0 atom stereocenters. The van der Waals surface area contributed by atoms with Gasteiger partial charge in [0.1, 0.15) is 0 Å². The lowest BCUT2D eigenvalue weighted by atomic mass is 9.71. The van der Waals surface area contributed by atoms with Crippen molar-refractivity contribution in [3.63, 3.8) is 0 Å². The van der Waals surface area contributed by atoms with Gasteiger partial charge in [-0.1, -0.05) is 24.3 Å². The second-order valence-electron chi connectivity index (χ2n) is 8.84. The molecular formula is C27H32N4O. The molecule has 0 unspecified atom stereocenters. The number of piperidine rings is 1. The summed E-state index contributed by atoms with van der Waals surface area (Å²) in [6.45, 7) is 4.62. The van der Waals surface area contributed by atoms with E-state index in [9.17, 15) is 4.79 Å². The van der Waals surface area contributed by atoms with Crippen molar-refractivity contribution in [1.82, 2.24) is 14.9 Å². The van der Waals surface area contributed by atoms with E-state index < -0.39 is 0 Å². The van der Waals surface area contributed by atoms with Gasteiger partial charge >= 0.3 is 0 Å². The van der Waals surface area contributed by atoms with Gasteiger partial charge in [0.25, 0.3) is 0 Å². The topological polar surface area (TPSA) is 49.3 Å². The van der Waals surface area contributed by atoms with Crippen molar-refractivity contribution in [3.8, 4) is 0 Å². The maximum Gasteiger partial charge on any atom is 0.223 e. The lowest BCUT2D eigenvalue weighted by Gasteiger charge is -2.42. The molecule has 1 aliphatic rings. The summed E-state index contributed by atoms with van der Waals surface area (Å²) in [5.41, 5.74) is 4.68. The largest absolute Gasteiger partial charge is 0.316 e. The minimum absolute atomic E-state index is 0.0466. The molecule has 1 saturated heterocycles. The molecule has 0 saturated carbocycles. The SMILES string of the molecule is CC(=O)N(C)c1ccc(CN2CCC(CCc3ccccn3)(c3ccccn3)CC2)cc1. The molecule has 4 rings (SSSR count). The first-order valence-corrected chi connectivity index (χ1v) is 11.4. The molecule has 3 heterocycles. The number of aryl methyl sites for hydroxylation is 1. The maximum atomic E-state index is 11.6. The van der Waals surface area contributed by atoms with E-state index in [2.05, 4.69) is 46.3 Å². The summed E-state index contributed by atoms with van der Waals surface area (Å²) < 4.78 is 0. The highest BCUT2D eigenvalue weighted by Gasteiger charge is 2.37. The van der Waals surface area contributed by atoms with Crippen molar-refractivity contribution < 1.29 is 4.79 Å². The molecule has 5 nitrogen and oxygen atoms in total. The first-order valence-electron chi connectivity index (χ1n) is 11.4. The van der Waals surface area contributed by atoms with Crippen molar-refractivity contribution in [2.45, 2.75) is 44.6 Å². The predicted octanol–water partition coefficient (Wildman–Crippen LogP) is 4.63. The number of nitrogens with zero attached hydrogens (tertiary/aromatic N) is 4. The lowest BCUT2D eigenvalue weighted by Crippen LogP contribution is -2.43. The molecule has 1 fully saturated rings. The highest BCUT2D eigenvalue weighted by molar-refractivity contribution is 5.90. The number of hydrogen-bond donors (Lipinski definition) is 0. The van der Waals surface area contributed by atoms with Gasteiger partial charge in [-0.2, -0.15) is 0 Å². The zero-order valence-electron chi connectivity index (χ0n) is 19.1. The van der Waals surface area contributed by atoms with Crippen molar-refractivity contribution in [1.29, 1.82) is 0 Å². The monoisotopic (exact) mass is 428 g/mol. The predicted molar refractivity (Wildman–Crippen MR) is 129 cm³/mol. The van der Waals surface area contributed by atoms with Crippen molar-refractivity contribution >= 4 is 11.6 Å². The second kappa shape index (κ2) is 10.0. The molecule has 1 amide bonds. The Morgan fingerprint density at radius 2 is 1.66 bits per heavy atom. The molecule has 0 spiro atoms. The Balaban J connectivity index is 1.41. The van der Waals surface area contributed by atoms with E-state index in [1.807, 2.05) is 43.7 Å². The molecule has 1 aromatic carbocycles. The van der Waals surface area contributed by atoms with Gasteiger partial charge in [0.2, 0.25) is 5.91 Å². The van der Waals surface area contributed by atoms with Gasteiger partial charge in [0, 0.05) is 55.4 Å². The van der Waals surface area contributed by atoms with Gasteiger partial charge in [0.05, 0.1) is 0 Å². The van der Waals surface area contributed by atoms with Gasteiger partial charge in [0.15, 0.2) is 0 Å². The molecule has 0 bridgehead atoms. The number of rotatable bonds is 7. The summed E-state index contributed by atoms with van der Waals surface area (Å²) in [5.74, 6) is 0.0466. The van der Waals surface area contributed by atoms with Crippen LogP contribution in [0.3, 0.4) is 0 Å². The average molecular weight is 429 g/mol. The van der Waals surface area contributed by atoms with E-state index in [4.69, 9.17) is 4.98 Å². The van der Waals surface area contributed by atoms with Gasteiger partial charge in [-0.05, 0) is 80.7 Å². The highest BCUT2D eigenvalue weighted by atomic mass is 16.2. The zero-order chi connectivity index (χ0) is 22.4. The van der Waals surface area contributed by atoms with Crippen LogP contribution in [0.5, 0.6) is 0 Å². The van der Waals surface area contributed by atoms with E-state index in [0.29, 0.717) is 0 Å². The number of carbonyl (C=O) groups is 1. The van der Waals surface area contributed by atoms with E-state index in [1.165, 1.54) is 11.3 Å². The van der Waals surface area contributed by atoms with Gasteiger partial charge in [-0.25, -0.2) is 0 Å². The number of amides is 1. The van der Waals surface area contributed by atoms with Crippen molar-refractivity contribution in [2.75, 3.05) is 25.0 Å². The molecule has 1 aliphatic heterocycles. The van der Waals surface area contributed by atoms with Crippen LogP contribution in [0.2, 0.25) is 0 Å². The van der Waals surface area contributed by atoms with Gasteiger partial charge in [-0.15, -0.1) is 0 Å². The van der Waals surface area contributed by atoms with Gasteiger partial charge < -0.3 is 4.90 Å². The van der Waals surface area contributed by atoms with Crippen molar-refractivity contribution in [3.05, 3.63) is 90.0 Å². The minimum Gasteiger partial charge on any atom is -0.316 e. The fourth-order valence-electron chi connectivity index (χ4n) is 4.63. The number of anilines is 1. The van der Waals surface area contributed by atoms with Crippen LogP contribution in [0.15, 0.2) is 73.1 Å². The molecular weight excluding hydrogens is 396 g/mol. The van der Waals surface area contributed by atoms with E-state index in [-0.39, 0.29) is 11.3 Å². The van der Waals surface area contributed by atoms with Crippen molar-refractivity contribution in [2.24, 2.45) is 0 Å². The Morgan fingerprint density at radius 3 is 2.25 bits per heavy atom. The number of aromatic nitrogens is 2. The number of hydrogen-bond acceptors (Lipinski definition) is 4. The summed E-state index contributed by atoms with van der Waals surface area (Å²) >= 11 is 0.